The van der Waals surface area contributed by atoms with Crippen molar-refractivity contribution in [2.75, 3.05) is 5.32 Å². The van der Waals surface area contributed by atoms with Crippen molar-refractivity contribution in [1.29, 1.82) is 0 Å². The lowest BCUT2D eigenvalue weighted by Crippen LogP contribution is -2.20. The van der Waals surface area contributed by atoms with Gasteiger partial charge < -0.3 is 11.1 Å². The molecule has 0 aliphatic rings. The summed E-state index contributed by atoms with van der Waals surface area (Å²) in [6.07, 6.45) is 0.202. The van der Waals surface area contributed by atoms with Crippen molar-refractivity contribution in [3.05, 3.63) is 65.0 Å². The van der Waals surface area contributed by atoms with Crippen LogP contribution in [-0.4, -0.2) is 10.9 Å². The van der Waals surface area contributed by atoms with E-state index in [-0.39, 0.29) is 22.9 Å². The van der Waals surface area contributed by atoms with Crippen LogP contribution in [-0.2, 0) is 11.2 Å². The van der Waals surface area contributed by atoms with Gasteiger partial charge in [0.25, 0.3) is 0 Å². The molecule has 0 spiro atoms. The van der Waals surface area contributed by atoms with Gasteiger partial charge in [0.2, 0.25) is 5.91 Å². The van der Waals surface area contributed by atoms with Crippen molar-refractivity contribution in [1.82, 2.24) is 0 Å². The fourth-order valence-corrected chi connectivity index (χ4v) is 2.17. The zero-order valence-electron chi connectivity index (χ0n) is 11.5. The van der Waals surface area contributed by atoms with Crippen LogP contribution in [0.1, 0.15) is 16.7 Å². The number of hydrogen-bond donors (Lipinski definition) is 2. The summed E-state index contributed by atoms with van der Waals surface area (Å²) in [4.78, 5) is 12.0. The quantitative estimate of drug-likeness (QED) is 0.854. The van der Waals surface area contributed by atoms with Gasteiger partial charge in [0.1, 0.15) is 10.8 Å². The van der Waals surface area contributed by atoms with Gasteiger partial charge in [-0.3, -0.25) is 4.79 Å². The summed E-state index contributed by atoms with van der Waals surface area (Å²) in [6.45, 7) is 1.98. The fourth-order valence-electron chi connectivity index (χ4n) is 1.96. The maximum atomic E-state index is 13.7. The van der Waals surface area contributed by atoms with E-state index >= 15 is 0 Å². The number of hydrogen-bond acceptors (Lipinski definition) is 2. The number of nitrogens with one attached hydrogen (secondary N) is 1. The van der Waals surface area contributed by atoms with Crippen LogP contribution < -0.4 is 11.1 Å². The lowest BCUT2D eigenvalue weighted by Gasteiger charge is -2.11. The van der Waals surface area contributed by atoms with E-state index in [1.165, 1.54) is 12.1 Å². The zero-order chi connectivity index (χ0) is 15.4. The normalized spacial score (nSPS) is 10.2. The summed E-state index contributed by atoms with van der Waals surface area (Å²) in [5.41, 5.74) is 7.86. The first kappa shape index (κ1) is 15.1. The molecule has 0 radical (unpaired) electrons. The molecule has 0 aliphatic carbocycles. The lowest BCUT2D eigenvalue weighted by molar-refractivity contribution is -0.115. The van der Waals surface area contributed by atoms with Crippen molar-refractivity contribution in [3.8, 4) is 0 Å². The van der Waals surface area contributed by atoms with E-state index in [0.717, 1.165) is 11.1 Å². The van der Waals surface area contributed by atoms with E-state index in [9.17, 15) is 9.18 Å². The van der Waals surface area contributed by atoms with E-state index < -0.39 is 5.82 Å². The molecule has 1 amide bonds. The number of carbonyl (C=O) groups excluding carboxylic acids is 1. The molecular weight excluding hydrogens is 287 g/mol. The van der Waals surface area contributed by atoms with E-state index in [1.54, 1.807) is 6.07 Å². The van der Waals surface area contributed by atoms with Crippen LogP contribution in [0.25, 0.3) is 0 Å². The molecule has 5 heteroatoms. The second-order valence-corrected chi connectivity index (χ2v) is 5.18. The summed E-state index contributed by atoms with van der Waals surface area (Å²) in [5.74, 6) is -0.794. The summed E-state index contributed by atoms with van der Waals surface area (Å²) in [7, 11) is 0. The molecule has 0 fully saturated rings. The highest BCUT2D eigenvalue weighted by molar-refractivity contribution is 7.80. The van der Waals surface area contributed by atoms with Crippen LogP contribution in [0, 0.1) is 12.7 Å². The molecule has 2 rings (SSSR count). The maximum Gasteiger partial charge on any atom is 0.228 e. The van der Waals surface area contributed by atoms with Crippen molar-refractivity contribution in [2.45, 2.75) is 13.3 Å². The number of amides is 1. The van der Waals surface area contributed by atoms with E-state index in [0.29, 0.717) is 5.69 Å². The summed E-state index contributed by atoms with van der Waals surface area (Å²) >= 11 is 4.82. The monoisotopic (exact) mass is 302 g/mol. The standard InChI is InChI=1S/C16H15FN2OS/c1-10-5-7-11(8-6-10)9-14(20)19-13-4-2-3-12(17)15(13)16(18)21/h2-8H,9H2,1H3,(H2,18,21)(H,19,20). The predicted octanol–water partition coefficient (Wildman–Crippen LogP) is 2.95. The van der Waals surface area contributed by atoms with E-state index in [2.05, 4.69) is 5.32 Å². The van der Waals surface area contributed by atoms with Crippen molar-refractivity contribution in [3.63, 3.8) is 0 Å². The highest BCUT2D eigenvalue weighted by Crippen LogP contribution is 2.19. The second-order valence-electron chi connectivity index (χ2n) is 4.74. The average molecular weight is 302 g/mol. The van der Waals surface area contributed by atoms with Gasteiger partial charge in [0.15, 0.2) is 0 Å². The molecule has 2 aromatic carbocycles. The van der Waals surface area contributed by atoms with Gasteiger partial charge >= 0.3 is 0 Å². The highest BCUT2D eigenvalue weighted by atomic mass is 32.1. The third-order valence-corrected chi connectivity index (χ3v) is 3.22. The SMILES string of the molecule is Cc1ccc(CC(=O)Nc2cccc(F)c2C(N)=S)cc1. The number of benzene rings is 2. The number of nitrogens with two attached hydrogens (primary N) is 1. The Morgan fingerprint density at radius 3 is 2.52 bits per heavy atom. The molecule has 0 aromatic heterocycles. The Morgan fingerprint density at radius 2 is 1.90 bits per heavy atom. The average Bonchev–Trinajstić information content (AvgIpc) is 2.41. The minimum atomic E-state index is -0.546. The van der Waals surface area contributed by atoms with Gasteiger partial charge in [-0.15, -0.1) is 0 Å². The molecule has 0 atom stereocenters. The zero-order valence-corrected chi connectivity index (χ0v) is 12.3. The minimum Gasteiger partial charge on any atom is -0.389 e. The van der Waals surface area contributed by atoms with E-state index in [4.69, 9.17) is 18.0 Å². The molecular formula is C16H15FN2OS. The smallest absolute Gasteiger partial charge is 0.228 e. The largest absolute Gasteiger partial charge is 0.389 e. The molecule has 0 bridgehead atoms. The van der Waals surface area contributed by atoms with Crippen LogP contribution in [0.15, 0.2) is 42.5 Å². The number of anilines is 1. The Morgan fingerprint density at radius 1 is 1.24 bits per heavy atom. The second kappa shape index (κ2) is 6.45. The molecule has 0 saturated carbocycles. The van der Waals surface area contributed by atoms with Gasteiger partial charge in [0.05, 0.1) is 17.7 Å². The van der Waals surface area contributed by atoms with Gasteiger partial charge in [-0.05, 0) is 24.6 Å². The molecule has 0 aliphatic heterocycles. The van der Waals surface area contributed by atoms with Crippen LogP contribution in [0.5, 0.6) is 0 Å². The Kier molecular flexibility index (Phi) is 4.65. The molecule has 0 heterocycles. The first-order valence-corrected chi connectivity index (χ1v) is 6.82. The molecule has 108 valence electrons. The predicted molar refractivity (Wildman–Crippen MR) is 85.8 cm³/mol. The molecule has 0 saturated heterocycles. The summed E-state index contributed by atoms with van der Waals surface area (Å²) in [5, 5.41) is 2.65. The first-order valence-electron chi connectivity index (χ1n) is 6.41. The van der Waals surface area contributed by atoms with Crippen molar-refractivity contribution < 1.29 is 9.18 Å². The maximum absolute atomic E-state index is 13.7. The van der Waals surface area contributed by atoms with E-state index in [1.807, 2.05) is 31.2 Å². The van der Waals surface area contributed by atoms with Gasteiger partial charge in [0, 0.05) is 0 Å². The van der Waals surface area contributed by atoms with Gasteiger partial charge in [-0.2, -0.15) is 0 Å². The summed E-state index contributed by atoms with van der Waals surface area (Å²) < 4.78 is 13.7. The molecule has 3 N–H and O–H groups in total. The number of carbonyl (C=O) groups is 1. The van der Waals surface area contributed by atoms with Crippen molar-refractivity contribution >= 4 is 28.8 Å². The number of halogens is 1. The Balaban J connectivity index is 2.15. The summed E-state index contributed by atoms with van der Waals surface area (Å²) in [6, 6.07) is 12.0. The minimum absolute atomic E-state index is 0.0600. The van der Waals surface area contributed by atoms with Crippen LogP contribution in [0.3, 0.4) is 0 Å². The third-order valence-electron chi connectivity index (χ3n) is 3.02. The number of thiocarbonyl (C=S) groups is 1. The highest BCUT2D eigenvalue weighted by Gasteiger charge is 2.13. The van der Waals surface area contributed by atoms with Crippen LogP contribution in [0.2, 0.25) is 0 Å². The Bertz CT molecular complexity index is 683. The third kappa shape index (κ3) is 3.86. The lowest BCUT2D eigenvalue weighted by atomic mass is 10.1. The number of rotatable bonds is 4. The van der Waals surface area contributed by atoms with Crippen LogP contribution >= 0.6 is 12.2 Å². The molecule has 2 aromatic rings. The van der Waals surface area contributed by atoms with Gasteiger partial charge in [-0.1, -0.05) is 48.1 Å². The first-order chi connectivity index (χ1) is 9.97. The van der Waals surface area contributed by atoms with Crippen molar-refractivity contribution in [2.24, 2.45) is 5.73 Å². The Hall–Kier alpha value is -2.27. The number of aryl methyl sites for hydroxylation is 1. The van der Waals surface area contributed by atoms with Gasteiger partial charge in [-0.25, -0.2) is 4.39 Å². The Labute approximate surface area is 128 Å². The molecule has 21 heavy (non-hydrogen) atoms. The molecule has 3 nitrogen and oxygen atoms in total. The van der Waals surface area contributed by atoms with Crippen LogP contribution in [0.4, 0.5) is 10.1 Å². The molecule has 0 unspecified atom stereocenters. The topological polar surface area (TPSA) is 55.1 Å². The fraction of sp³-hybridized carbons (Fsp3) is 0.125.